The molecule has 8 heteroatoms. The minimum atomic E-state index is 0.168. The van der Waals surface area contributed by atoms with E-state index in [0.717, 1.165) is 12.4 Å². The second kappa shape index (κ2) is 6.46. The second-order valence-corrected chi connectivity index (χ2v) is 5.48. The number of aromatic nitrogens is 2. The van der Waals surface area contributed by atoms with Crippen LogP contribution in [-0.4, -0.2) is 47.8 Å². The summed E-state index contributed by atoms with van der Waals surface area (Å²) in [5, 5.41) is 1.60. The van der Waals surface area contributed by atoms with E-state index in [1.807, 2.05) is 6.07 Å². The first kappa shape index (κ1) is 15.8. The molecule has 1 unspecified atom stereocenters. The van der Waals surface area contributed by atoms with Gasteiger partial charge in [0, 0.05) is 25.4 Å². The summed E-state index contributed by atoms with van der Waals surface area (Å²) in [5.41, 5.74) is 7.69. The topological polar surface area (TPSA) is 93.5 Å². The van der Waals surface area contributed by atoms with Crippen LogP contribution in [0.15, 0.2) is 11.8 Å². The smallest absolute Gasteiger partial charge is 0.224 e. The van der Waals surface area contributed by atoms with Gasteiger partial charge < -0.3 is 20.4 Å². The molecule has 1 atom stereocenters. The van der Waals surface area contributed by atoms with Crippen molar-refractivity contribution in [2.45, 2.75) is 19.9 Å². The zero-order chi connectivity index (χ0) is 15.6. The first-order valence-electron chi connectivity index (χ1n) is 6.74. The van der Waals surface area contributed by atoms with Crippen molar-refractivity contribution in [3.63, 3.8) is 0 Å². The Morgan fingerprint density at radius 1 is 1.52 bits per heavy atom. The van der Waals surface area contributed by atoms with Gasteiger partial charge in [-0.05, 0) is 25.4 Å². The van der Waals surface area contributed by atoms with Crippen molar-refractivity contribution >= 4 is 23.1 Å². The van der Waals surface area contributed by atoms with E-state index in [9.17, 15) is 0 Å². The van der Waals surface area contributed by atoms with Crippen LogP contribution < -0.4 is 16.5 Å². The maximum atomic E-state index is 6.07. The standard InChI is InChI=1S/C13H21ClN6O/c1-8-7-21-5-4-20(8)11-6-10(17-13(14)18-11)12(9(2)15)19(3)16/h6,8H,4-5,7,15-16H2,1-3H3/b12-9-. The highest BCUT2D eigenvalue weighted by Crippen LogP contribution is 2.24. The van der Waals surface area contributed by atoms with Crippen molar-refractivity contribution in [3.05, 3.63) is 22.7 Å². The van der Waals surface area contributed by atoms with Crippen LogP contribution in [0.2, 0.25) is 5.28 Å². The minimum absolute atomic E-state index is 0.168. The van der Waals surface area contributed by atoms with Crippen molar-refractivity contribution < 1.29 is 4.74 Å². The number of nitrogens with zero attached hydrogens (tertiary/aromatic N) is 4. The molecule has 4 N–H and O–H groups in total. The highest BCUT2D eigenvalue weighted by molar-refractivity contribution is 6.28. The van der Waals surface area contributed by atoms with Gasteiger partial charge in [0.25, 0.3) is 0 Å². The first-order chi connectivity index (χ1) is 9.90. The lowest BCUT2D eigenvalue weighted by Crippen LogP contribution is -2.44. The molecule has 0 aliphatic carbocycles. The van der Waals surface area contributed by atoms with Gasteiger partial charge in [-0.15, -0.1) is 0 Å². The first-order valence-corrected chi connectivity index (χ1v) is 7.12. The Morgan fingerprint density at radius 2 is 2.24 bits per heavy atom. The number of hydrazine groups is 1. The quantitative estimate of drug-likeness (QED) is 0.484. The second-order valence-electron chi connectivity index (χ2n) is 5.14. The van der Waals surface area contributed by atoms with Gasteiger partial charge in [0.15, 0.2) is 0 Å². The molecule has 1 aromatic heterocycles. The number of allylic oxidation sites excluding steroid dienone is 1. The summed E-state index contributed by atoms with van der Waals surface area (Å²) in [6.45, 7) is 5.93. The lowest BCUT2D eigenvalue weighted by Gasteiger charge is -2.34. The van der Waals surface area contributed by atoms with Crippen LogP contribution in [0.25, 0.3) is 5.70 Å². The number of rotatable bonds is 3. The molecule has 116 valence electrons. The Labute approximate surface area is 129 Å². The molecule has 7 nitrogen and oxygen atoms in total. The van der Waals surface area contributed by atoms with Gasteiger partial charge in [-0.2, -0.15) is 0 Å². The molecule has 0 radical (unpaired) electrons. The summed E-state index contributed by atoms with van der Waals surface area (Å²) in [6.07, 6.45) is 0. The molecule has 1 fully saturated rings. The van der Waals surface area contributed by atoms with E-state index in [1.54, 1.807) is 14.0 Å². The molecule has 21 heavy (non-hydrogen) atoms. The lowest BCUT2D eigenvalue weighted by atomic mass is 10.2. The van der Waals surface area contributed by atoms with Crippen LogP contribution >= 0.6 is 11.6 Å². The zero-order valence-electron chi connectivity index (χ0n) is 12.5. The van der Waals surface area contributed by atoms with E-state index < -0.39 is 0 Å². The third-order valence-electron chi connectivity index (χ3n) is 3.32. The molecule has 0 saturated carbocycles. The van der Waals surface area contributed by atoms with E-state index in [0.29, 0.717) is 30.3 Å². The molecule has 2 heterocycles. The zero-order valence-corrected chi connectivity index (χ0v) is 13.3. The van der Waals surface area contributed by atoms with Crippen LogP contribution in [0.1, 0.15) is 19.5 Å². The maximum Gasteiger partial charge on any atom is 0.224 e. The Kier molecular flexibility index (Phi) is 4.87. The minimum Gasteiger partial charge on any atom is -0.400 e. The monoisotopic (exact) mass is 312 g/mol. The van der Waals surface area contributed by atoms with Crippen molar-refractivity contribution in [2.75, 3.05) is 31.7 Å². The molecule has 2 rings (SSSR count). The fourth-order valence-electron chi connectivity index (χ4n) is 2.40. The highest BCUT2D eigenvalue weighted by atomic mass is 35.5. The normalized spacial score (nSPS) is 20.2. The Bertz CT molecular complexity index is 543. The van der Waals surface area contributed by atoms with Crippen LogP contribution in [0.3, 0.4) is 0 Å². The van der Waals surface area contributed by atoms with Gasteiger partial charge >= 0.3 is 0 Å². The molecular weight excluding hydrogens is 292 g/mol. The summed E-state index contributed by atoms with van der Waals surface area (Å²) in [6, 6.07) is 2.07. The van der Waals surface area contributed by atoms with Crippen LogP contribution in [0.4, 0.5) is 5.82 Å². The van der Waals surface area contributed by atoms with Crippen LogP contribution in [0, 0.1) is 0 Å². The number of hydrogen-bond acceptors (Lipinski definition) is 7. The number of halogens is 1. The van der Waals surface area contributed by atoms with E-state index in [1.165, 1.54) is 5.01 Å². The van der Waals surface area contributed by atoms with Gasteiger partial charge in [0.2, 0.25) is 5.28 Å². The van der Waals surface area contributed by atoms with Gasteiger partial charge in [0.1, 0.15) is 5.82 Å². The van der Waals surface area contributed by atoms with E-state index in [-0.39, 0.29) is 11.3 Å². The summed E-state index contributed by atoms with van der Waals surface area (Å²) in [4.78, 5) is 10.7. The molecule has 1 aliphatic rings. The number of hydrogen-bond donors (Lipinski definition) is 2. The SMILES string of the molecule is C/C(N)=C(\c1cc(N2CCOCC2C)nc(Cl)n1)N(C)N. The van der Waals surface area contributed by atoms with Crippen molar-refractivity contribution in [2.24, 2.45) is 11.6 Å². The molecule has 1 aliphatic heterocycles. The highest BCUT2D eigenvalue weighted by Gasteiger charge is 2.22. The molecular formula is C13H21ClN6O. The predicted octanol–water partition coefficient (Wildman–Crippen LogP) is 0.808. The number of morpholine rings is 1. The summed E-state index contributed by atoms with van der Waals surface area (Å²) < 4.78 is 5.44. The van der Waals surface area contributed by atoms with E-state index in [4.69, 9.17) is 27.9 Å². The average molecular weight is 313 g/mol. The summed E-state index contributed by atoms with van der Waals surface area (Å²) in [7, 11) is 1.71. The molecule has 0 bridgehead atoms. The Morgan fingerprint density at radius 3 is 2.81 bits per heavy atom. The average Bonchev–Trinajstić information content (AvgIpc) is 2.37. The third-order valence-corrected chi connectivity index (χ3v) is 3.49. The molecule has 1 saturated heterocycles. The maximum absolute atomic E-state index is 6.07. The summed E-state index contributed by atoms with van der Waals surface area (Å²) >= 11 is 6.07. The molecule has 0 amide bonds. The Balaban J connectivity index is 2.44. The van der Waals surface area contributed by atoms with Crippen molar-refractivity contribution in [1.82, 2.24) is 15.0 Å². The lowest BCUT2D eigenvalue weighted by molar-refractivity contribution is 0.0985. The van der Waals surface area contributed by atoms with Gasteiger partial charge in [0.05, 0.1) is 30.6 Å². The Hall–Kier alpha value is -1.57. The predicted molar refractivity (Wildman–Crippen MR) is 83.4 cm³/mol. The summed E-state index contributed by atoms with van der Waals surface area (Å²) in [5.74, 6) is 6.59. The number of anilines is 1. The third kappa shape index (κ3) is 3.55. The molecule has 0 spiro atoms. The van der Waals surface area contributed by atoms with Gasteiger partial charge in [-0.25, -0.2) is 15.8 Å². The van der Waals surface area contributed by atoms with Gasteiger partial charge in [-0.3, -0.25) is 0 Å². The van der Waals surface area contributed by atoms with Crippen molar-refractivity contribution in [3.8, 4) is 0 Å². The van der Waals surface area contributed by atoms with Crippen LogP contribution in [0.5, 0.6) is 0 Å². The number of nitrogens with two attached hydrogens (primary N) is 2. The van der Waals surface area contributed by atoms with Gasteiger partial charge in [-0.1, -0.05) is 0 Å². The van der Waals surface area contributed by atoms with E-state index >= 15 is 0 Å². The van der Waals surface area contributed by atoms with Crippen LogP contribution in [-0.2, 0) is 4.74 Å². The molecule has 0 aromatic carbocycles. The largest absolute Gasteiger partial charge is 0.400 e. The number of ether oxygens (including phenoxy) is 1. The van der Waals surface area contributed by atoms with Crippen molar-refractivity contribution in [1.29, 1.82) is 0 Å². The fraction of sp³-hybridized carbons (Fsp3) is 0.538. The fourth-order valence-corrected chi connectivity index (χ4v) is 2.58. The van der Waals surface area contributed by atoms with E-state index in [2.05, 4.69) is 21.8 Å². The molecule has 1 aromatic rings.